The van der Waals surface area contributed by atoms with E-state index in [1.165, 1.54) is 5.57 Å². The average Bonchev–Trinajstić information content (AvgIpc) is 2.25. The zero-order valence-electron chi connectivity index (χ0n) is 6.13. The molecular formula is C8H11NO. The van der Waals surface area contributed by atoms with Gasteiger partial charge in [0.2, 0.25) is 5.91 Å². The summed E-state index contributed by atoms with van der Waals surface area (Å²) in [6, 6.07) is 0.498. The Balaban J connectivity index is 2.18. The van der Waals surface area contributed by atoms with E-state index in [1.807, 2.05) is 4.90 Å². The van der Waals surface area contributed by atoms with Gasteiger partial charge in [-0.3, -0.25) is 4.79 Å². The monoisotopic (exact) mass is 137 g/mol. The van der Waals surface area contributed by atoms with E-state index >= 15 is 0 Å². The lowest BCUT2D eigenvalue weighted by Crippen LogP contribution is -2.48. The number of β-lactam (4-membered cyclic amide) rings is 1. The fourth-order valence-electron chi connectivity index (χ4n) is 1.82. The Morgan fingerprint density at radius 3 is 3.00 bits per heavy atom. The van der Waals surface area contributed by atoms with Gasteiger partial charge in [-0.15, -0.1) is 0 Å². The summed E-state index contributed by atoms with van der Waals surface area (Å²) >= 11 is 0. The van der Waals surface area contributed by atoms with E-state index in [4.69, 9.17) is 0 Å². The molecule has 0 aromatic rings. The molecule has 2 fully saturated rings. The summed E-state index contributed by atoms with van der Waals surface area (Å²) in [6.07, 6.45) is 4.02. The molecule has 54 valence electrons. The fourth-order valence-corrected chi connectivity index (χ4v) is 1.82. The molecule has 2 heterocycles. The third kappa shape index (κ3) is 0.564. The van der Waals surface area contributed by atoms with Gasteiger partial charge in [-0.1, -0.05) is 6.08 Å². The number of carbonyl (C=O) groups is 1. The number of hydrogen-bond donors (Lipinski definition) is 0. The Labute approximate surface area is 60.5 Å². The van der Waals surface area contributed by atoms with Gasteiger partial charge in [0, 0.05) is 6.54 Å². The van der Waals surface area contributed by atoms with Crippen molar-refractivity contribution in [2.24, 2.45) is 0 Å². The second-order valence-corrected chi connectivity index (χ2v) is 2.92. The molecule has 2 saturated heterocycles. The van der Waals surface area contributed by atoms with Gasteiger partial charge < -0.3 is 4.90 Å². The van der Waals surface area contributed by atoms with Crippen molar-refractivity contribution < 1.29 is 4.79 Å². The minimum Gasteiger partial charge on any atom is -0.335 e. The SMILES string of the molecule is CC=C1CCN2C(=O)C[C@@H]12. The Bertz CT molecular complexity index is 207. The highest BCUT2D eigenvalue weighted by Gasteiger charge is 2.41. The third-order valence-electron chi connectivity index (χ3n) is 2.50. The van der Waals surface area contributed by atoms with Crippen LogP contribution in [0.15, 0.2) is 11.6 Å². The molecule has 2 rings (SSSR count). The van der Waals surface area contributed by atoms with Crippen LogP contribution in [0.5, 0.6) is 0 Å². The number of nitrogens with zero attached hydrogens (tertiary/aromatic N) is 1. The van der Waals surface area contributed by atoms with E-state index in [0.717, 1.165) is 19.4 Å². The highest BCUT2D eigenvalue weighted by atomic mass is 16.2. The van der Waals surface area contributed by atoms with Gasteiger partial charge in [-0.25, -0.2) is 0 Å². The Morgan fingerprint density at radius 1 is 1.70 bits per heavy atom. The number of carbonyl (C=O) groups excluding carboxylic acids is 1. The van der Waals surface area contributed by atoms with Gasteiger partial charge in [0.05, 0.1) is 12.5 Å². The molecule has 0 N–H and O–H groups in total. The summed E-state index contributed by atoms with van der Waals surface area (Å²) in [6.45, 7) is 3.02. The first kappa shape index (κ1) is 5.96. The van der Waals surface area contributed by atoms with Crippen molar-refractivity contribution in [3.8, 4) is 0 Å². The third-order valence-corrected chi connectivity index (χ3v) is 2.50. The zero-order valence-corrected chi connectivity index (χ0v) is 6.13. The molecule has 2 aliphatic rings. The van der Waals surface area contributed by atoms with Crippen LogP contribution in [0.1, 0.15) is 19.8 Å². The predicted molar refractivity (Wildman–Crippen MR) is 38.5 cm³/mol. The van der Waals surface area contributed by atoms with Crippen LogP contribution >= 0.6 is 0 Å². The normalized spacial score (nSPS) is 34.5. The molecule has 0 spiro atoms. The van der Waals surface area contributed by atoms with Crippen LogP contribution in [0.4, 0.5) is 0 Å². The maximum absolute atomic E-state index is 10.9. The van der Waals surface area contributed by atoms with Gasteiger partial charge in [0.1, 0.15) is 0 Å². The van der Waals surface area contributed by atoms with E-state index in [2.05, 4.69) is 13.0 Å². The number of fused-ring (bicyclic) bond motifs is 1. The van der Waals surface area contributed by atoms with Crippen LogP contribution in [-0.4, -0.2) is 23.4 Å². The first-order chi connectivity index (χ1) is 4.83. The molecule has 0 radical (unpaired) electrons. The molecule has 0 aromatic heterocycles. The van der Waals surface area contributed by atoms with Gasteiger partial charge in [0.25, 0.3) is 0 Å². The number of allylic oxidation sites excluding steroid dienone is 1. The van der Waals surface area contributed by atoms with Crippen molar-refractivity contribution >= 4 is 5.91 Å². The maximum Gasteiger partial charge on any atom is 0.225 e. The minimum absolute atomic E-state index is 0.335. The number of hydrogen-bond acceptors (Lipinski definition) is 1. The second-order valence-electron chi connectivity index (χ2n) is 2.92. The molecule has 0 unspecified atom stereocenters. The van der Waals surface area contributed by atoms with Gasteiger partial charge in [0.15, 0.2) is 0 Å². The lowest BCUT2D eigenvalue weighted by molar-refractivity contribution is -0.141. The van der Waals surface area contributed by atoms with Gasteiger partial charge >= 0.3 is 0 Å². The smallest absolute Gasteiger partial charge is 0.225 e. The molecule has 0 aliphatic carbocycles. The lowest BCUT2D eigenvalue weighted by atomic mass is 9.98. The van der Waals surface area contributed by atoms with Crippen molar-refractivity contribution in [3.63, 3.8) is 0 Å². The standard InChI is InChI=1S/C8H11NO/c1-2-6-3-4-9-7(6)5-8(9)10/h2,7H,3-5H2,1H3/t7-/m0/s1. The molecule has 0 saturated carbocycles. The van der Waals surface area contributed by atoms with Crippen LogP contribution < -0.4 is 0 Å². The Morgan fingerprint density at radius 2 is 2.50 bits per heavy atom. The first-order valence-electron chi connectivity index (χ1n) is 3.77. The summed E-state index contributed by atoms with van der Waals surface area (Å²) in [5.41, 5.74) is 1.46. The van der Waals surface area contributed by atoms with Crippen molar-refractivity contribution in [1.29, 1.82) is 0 Å². The molecule has 1 amide bonds. The van der Waals surface area contributed by atoms with Crippen molar-refractivity contribution in [1.82, 2.24) is 4.90 Å². The predicted octanol–water partition coefficient (Wildman–Crippen LogP) is 0.937. The molecule has 1 atom stereocenters. The van der Waals surface area contributed by atoms with Crippen molar-refractivity contribution in [2.45, 2.75) is 25.8 Å². The molecule has 0 aromatic carbocycles. The van der Waals surface area contributed by atoms with Crippen LogP contribution in [0.2, 0.25) is 0 Å². The quantitative estimate of drug-likeness (QED) is 0.359. The molecule has 0 bridgehead atoms. The summed E-state index contributed by atoms with van der Waals surface area (Å²) in [7, 11) is 0. The molecule has 10 heavy (non-hydrogen) atoms. The van der Waals surface area contributed by atoms with Crippen LogP contribution in [0, 0.1) is 0 Å². The van der Waals surface area contributed by atoms with E-state index in [0.29, 0.717) is 11.9 Å². The number of amides is 1. The molecule has 2 aliphatic heterocycles. The molecular weight excluding hydrogens is 126 g/mol. The maximum atomic E-state index is 10.9. The van der Waals surface area contributed by atoms with Crippen LogP contribution in [0.25, 0.3) is 0 Å². The van der Waals surface area contributed by atoms with Gasteiger partial charge in [-0.05, 0) is 18.9 Å². The Kier molecular flexibility index (Phi) is 1.10. The van der Waals surface area contributed by atoms with Crippen molar-refractivity contribution in [3.05, 3.63) is 11.6 Å². The highest BCUT2D eigenvalue weighted by molar-refractivity contribution is 5.85. The van der Waals surface area contributed by atoms with E-state index in [9.17, 15) is 4.79 Å². The highest BCUT2D eigenvalue weighted by Crippen LogP contribution is 2.33. The molecule has 2 nitrogen and oxygen atoms in total. The van der Waals surface area contributed by atoms with Crippen LogP contribution in [0.3, 0.4) is 0 Å². The van der Waals surface area contributed by atoms with E-state index in [1.54, 1.807) is 0 Å². The van der Waals surface area contributed by atoms with Crippen molar-refractivity contribution in [2.75, 3.05) is 6.54 Å². The first-order valence-corrected chi connectivity index (χ1v) is 3.77. The summed E-state index contributed by atoms with van der Waals surface area (Å²) < 4.78 is 0. The largest absolute Gasteiger partial charge is 0.335 e. The van der Waals surface area contributed by atoms with E-state index < -0.39 is 0 Å². The molecule has 2 heteroatoms. The number of rotatable bonds is 0. The topological polar surface area (TPSA) is 20.3 Å². The van der Waals surface area contributed by atoms with Crippen LogP contribution in [-0.2, 0) is 4.79 Å². The zero-order chi connectivity index (χ0) is 7.14. The van der Waals surface area contributed by atoms with E-state index in [-0.39, 0.29) is 0 Å². The minimum atomic E-state index is 0.335. The summed E-state index contributed by atoms with van der Waals surface area (Å²) in [4.78, 5) is 12.8. The average molecular weight is 137 g/mol. The lowest BCUT2D eigenvalue weighted by Gasteiger charge is -2.34. The summed E-state index contributed by atoms with van der Waals surface area (Å²) in [5.74, 6) is 0.335. The second kappa shape index (κ2) is 1.84. The van der Waals surface area contributed by atoms with Gasteiger partial charge in [-0.2, -0.15) is 0 Å². The Hall–Kier alpha value is -0.790. The summed E-state index contributed by atoms with van der Waals surface area (Å²) in [5, 5.41) is 0. The fraction of sp³-hybridized carbons (Fsp3) is 0.625.